The van der Waals surface area contributed by atoms with Gasteiger partial charge in [0, 0.05) is 31.0 Å². The molecule has 0 spiro atoms. The zero-order valence-electron chi connectivity index (χ0n) is 15.8. The molecule has 144 valence electrons. The quantitative estimate of drug-likeness (QED) is 0.533. The summed E-state index contributed by atoms with van der Waals surface area (Å²) in [7, 11) is 6.20. The highest BCUT2D eigenvalue weighted by molar-refractivity contribution is 5.93. The molecule has 2 aromatic rings. The van der Waals surface area contributed by atoms with Crippen molar-refractivity contribution in [3.05, 3.63) is 48.0 Å². The number of carbonyl (C=O) groups is 1. The Morgan fingerprint density at radius 1 is 0.926 bits per heavy atom. The van der Waals surface area contributed by atoms with E-state index in [0.717, 1.165) is 11.3 Å². The molecule has 0 atom stereocenters. The highest BCUT2D eigenvalue weighted by Crippen LogP contribution is 2.29. The lowest BCUT2D eigenvalue weighted by Crippen LogP contribution is -2.30. The molecule has 0 fully saturated rings. The second-order valence-electron chi connectivity index (χ2n) is 5.43. The maximum Gasteiger partial charge on any atom is 0.411 e. The number of carbonyl (C=O) groups excluding carboxylic acids is 1. The molecule has 0 bridgehead atoms. The van der Waals surface area contributed by atoms with Gasteiger partial charge in [-0.3, -0.25) is 10.3 Å². The van der Waals surface area contributed by atoms with Gasteiger partial charge in [0.05, 0.1) is 21.3 Å². The summed E-state index contributed by atoms with van der Waals surface area (Å²) in [4.78, 5) is 15.4. The lowest BCUT2D eigenvalue weighted by Gasteiger charge is -2.14. The van der Waals surface area contributed by atoms with Crippen LogP contribution in [0.5, 0.6) is 11.5 Å². The van der Waals surface area contributed by atoms with Gasteiger partial charge < -0.3 is 24.8 Å². The Morgan fingerprint density at radius 2 is 1.59 bits per heavy atom. The van der Waals surface area contributed by atoms with Crippen LogP contribution in [0.2, 0.25) is 0 Å². The molecule has 0 saturated heterocycles. The van der Waals surface area contributed by atoms with Gasteiger partial charge in [0.2, 0.25) is 0 Å². The number of nitrogens with zero attached hydrogens (tertiary/aromatic N) is 1. The average molecular weight is 372 g/mol. The third kappa shape index (κ3) is 5.81. The average Bonchev–Trinajstić information content (AvgIpc) is 2.71. The SMILES string of the molecule is CN=C(NCc1ccc(NC(=O)OC)cc1)Nc1ccc(OC)c(OC)c1. The maximum absolute atomic E-state index is 11.2. The molecule has 0 aliphatic rings. The number of anilines is 2. The molecule has 8 nitrogen and oxygen atoms in total. The van der Waals surface area contributed by atoms with Crippen LogP contribution in [0, 0.1) is 0 Å². The molecule has 2 aromatic carbocycles. The molecule has 3 N–H and O–H groups in total. The topological polar surface area (TPSA) is 93.2 Å². The van der Waals surface area contributed by atoms with Gasteiger partial charge >= 0.3 is 6.09 Å². The second kappa shape index (κ2) is 9.91. The number of amides is 1. The van der Waals surface area contributed by atoms with Crippen molar-refractivity contribution < 1.29 is 19.0 Å². The van der Waals surface area contributed by atoms with Crippen LogP contribution in [-0.2, 0) is 11.3 Å². The Balaban J connectivity index is 1.95. The van der Waals surface area contributed by atoms with Gasteiger partial charge in [0.25, 0.3) is 0 Å². The minimum Gasteiger partial charge on any atom is -0.493 e. The van der Waals surface area contributed by atoms with Gasteiger partial charge in [-0.25, -0.2) is 4.79 Å². The van der Waals surface area contributed by atoms with Gasteiger partial charge in [-0.2, -0.15) is 0 Å². The lowest BCUT2D eigenvalue weighted by atomic mass is 10.2. The molecular formula is C19H24N4O4. The van der Waals surface area contributed by atoms with E-state index in [1.165, 1.54) is 7.11 Å². The normalized spacial score (nSPS) is 10.7. The number of hydrogen-bond donors (Lipinski definition) is 3. The van der Waals surface area contributed by atoms with E-state index in [0.29, 0.717) is 29.7 Å². The summed E-state index contributed by atoms with van der Waals surface area (Å²) in [5.41, 5.74) is 2.51. The zero-order valence-corrected chi connectivity index (χ0v) is 15.8. The summed E-state index contributed by atoms with van der Waals surface area (Å²) >= 11 is 0. The number of rotatable bonds is 6. The molecule has 8 heteroatoms. The number of ether oxygens (including phenoxy) is 3. The highest BCUT2D eigenvalue weighted by Gasteiger charge is 2.06. The fourth-order valence-corrected chi connectivity index (χ4v) is 2.29. The maximum atomic E-state index is 11.2. The third-order valence-corrected chi connectivity index (χ3v) is 3.72. The minimum absolute atomic E-state index is 0.500. The standard InChI is InChI=1S/C19H24N4O4/c1-20-18(22-15-9-10-16(25-2)17(11-15)26-3)21-12-13-5-7-14(8-6-13)23-19(24)27-4/h5-11H,12H2,1-4H3,(H,23,24)(H2,20,21,22). The number of hydrogen-bond acceptors (Lipinski definition) is 5. The first-order valence-corrected chi connectivity index (χ1v) is 8.23. The summed E-state index contributed by atoms with van der Waals surface area (Å²) in [6, 6.07) is 12.9. The van der Waals surface area contributed by atoms with Crippen LogP contribution in [0.4, 0.5) is 16.2 Å². The van der Waals surface area contributed by atoms with Crippen LogP contribution < -0.4 is 25.4 Å². The van der Waals surface area contributed by atoms with E-state index in [1.807, 2.05) is 30.3 Å². The van der Waals surface area contributed by atoms with Crippen LogP contribution in [0.1, 0.15) is 5.56 Å². The Bertz CT molecular complexity index is 791. The second-order valence-corrected chi connectivity index (χ2v) is 5.43. The summed E-state index contributed by atoms with van der Waals surface area (Å²) in [5, 5.41) is 9.03. The molecule has 0 heterocycles. The third-order valence-electron chi connectivity index (χ3n) is 3.72. The number of methoxy groups -OCH3 is 3. The first-order chi connectivity index (χ1) is 13.1. The van der Waals surface area contributed by atoms with Crippen LogP contribution in [0.15, 0.2) is 47.5 Å². The van der Waals surface area contributed by atoms with E-state index >= 15 is 0 Å². The van der Waals surface area contributed by atoms with E-state index < -0.39 is 6.09 Å². The first kappa shape index (κ1) is 19.9. The molecule has 0 aliphatic heterocycles. The molecular weight excluding hydrogens is 348 g/mol. The van der Waals surface area contributed by atoms with Gasteiger partial charge in [-0.1, -0.05) is 12.1 Å². The van der Waals surface area contributed by atoms with Crippen LogP contribution in [0.3, 0.4) is 0 Å². The van der Waals surface area contributed by atoms with Crippen molar-refractivity contribution >= 4 is 23.4 Å². The fourth-order valence-electron chi connectivity index (χ4n) is 2.29. The van der Waals surface area contributed by atoms with E-state index in [4.69, 9.17) is 9.47 Å². The van der Waals surface area contributed by atoms with Crippen molar-refractivity contribution in [2.45, 2.75) is 6.54 Å². The molecule has 2 rings (SSSR count). The van der Waals surface area contributed by atoms with Crippen LogP contribution in [0.25, 0.3) is 0 Å². The Kier molecular flexibility index (Phi) is 7.30. The highest BCUT2D eigenvalue weighted by atomic mass is 16.5. The monoisotopic (exact) mass is 372 g/mol. The molecule has 0 aromatic heterocycles. The predicted molar refractivity (Wildman–Crippen MR) is 106 cm³/mol. The van der Waals surface area contributed by atoms with Gasteiger partial charge in [-0.05, 0) is 29.8 Å². The lowest BCUT2D eigenvalue weighted by molar-refractivity contribution is 0.187. The van der Waals surface area contributed by atoms with Gasteiger partial charge in [-0.15, -0.1) is 0 Å². The molecule has 27 heavy (non-hydrogen) atoms. The van der Waals surface area contributed by atoms with E-state index in [-0.39, 0.29) is 0 Å². The summed E-state index contributed by atoms with van der Waals surface area (Å²) < 4.78 is 15.1. The summed E-state index contributed by atoms with van der Waals surface area (Å²) in [5.74, 6) is 1.90. The molecule has 0 unspecified atom stereocenters. The van der Waals surface area contributed by atoms with Gasteiger partial charge in [0.15, 0.2) is 17.5 Å². The largest absolute Gasteiger partial charge is 0.493 e. The molecule has 1 amide bonds. The van der Waals surface area contributed by atoms with E-state index in [1.54, 1.807) is 33.4 Å². The summed E-state index contributed by atoms with van der Waals surface area (Å²) in [6.07, 6.45) is -0.500. The van der Waals surface area contributed by atoms with Gasteiger partial charge in [0.1, 0.15) is 0 Å². The number of nitrogens with one attached hydrogen (secondary N) is 3. The number of guanidine groups is 1. The summed E-state index contributed by atoms with van der Waals surface area (Å²) in [6.45, 7) is 0.561. The Hall–Kier alpha value is -3.42. The van der Waals surface area contributed by atoms with Crippen LogP contribution >= 0.6 is 0 Å². The van der Waals surface area contributed by atoms with E-state index in [9.17, 15) is 4.79 Å². The van der Waals surface area contributed by atoms with E-state index in [2.05, 4.69) is 25.7 Å². The van der Waals surface area contributed by atoms with Crippen molar-refractivity contribution in [1.29, 1.82) is 0 Å². The molecule has 0 aliphatic carbocycles. The number of aliphatic imine (C=N–C) groups is 1. The molecule has 0 saturated carbocycles. The predicted octanol–water partition coefficient (Wildman–Crippen LogP) is 3.07. The minimum atomic E-state index is -0.500. The van der Waals surface area contributed by atoms with Crippen molar-refractivity contribution in [2.75, 3.05) is 39.0 Å². The number of benzene rings is 2. The van der Waals surface area contributed by atoms with Crippen molar-refractivity contribution in [3.63, 3.8) is 0 Å². The van der Waals surface area contributed by atoms with Crippen molar-refractivity contribution in [2.24, 2.45) is 4.99 Å². The van der Waals surface area contributed by atoms with Crippen LogP contribution in [-0.4, -0.2) is 40.4 Å². The smallest absolute Gasteiger partial charge is 0.411 e. The Labute approximate surface area is 158 Å². The molecule has 0 radical (unpaired) electrons. The fraction of sp³-hybridized carbons (Fsp3) is 0.263. The van der Waals surface area contributed by atoms with Crippen molar-refractivity contribution in [1.82, 2.24) is 5.32 Å². The van der Waals surface area contributed by atoms with Crippen molar-refractivity contribution in [3.8, 4) is 11.5 Å². The Morgan fingerprint density at radius 3 is 2.19 bits per heavy atom. The first-order valence-electron chi connectivity index (χ1n) is 8.23. The zero-order chi connectivity index (χ0) is 19.6.